The van der Waals surface area contributed by atoms with Crippen LogP contribution in [0.3, 0.4) is 0 Å². The van der Waals surface area contributed by atoms with Gasteiger partial charge in [0.25, 0.3) is 51.2 Å². The van der Waals surface area contributed by atoms with E-state index in [9.17, 15) is 91.0 Å². The third kappa shape index (κ3) is 6.57. The summed E-state index contributed by atoms with van der Waals surface area (Å²) in [6.07, 6.45) is -0.904. The molecule has 0 aromatic heterocycles. The van der Waals surface area contributed by atoms with E-state index in [-0.39, 0.29) is 36.4 Å². The zero-order valence-electron chi connectivity index (χ0n) is 22.6. The van der Waals surface area contributed by atoms with Crippen molar-refractivity contribution in [1.29, 1.82) is 0 Å². The van der Waals surface area contributed by atoms with Crippen molar-refractivity contribution < 1.29 is 44.3 Å². The smallest absolute Gasteiger partial charge is 0.258 e. The molecule has 0 radical (unpaired) electrons. The van der Waals surface area contributed by atoms with E-state index in [0.29, 0.717) is 6.08 Å². The van der Waals surface area contributed by atoms with Crippen molar-refractivity contribution in [3.63, 3.8) is 0 Å². The van der Waals surface area contributed by atoms with Crippen LogP contribution in [0.4, 0.5) is 51.2 Å². The second kappa shape index (κ2) is 12.9. The summed E-state index contributed by atoms with van der Waals surface area (Å²) in [7, 11) is 0. The number of rotatable bonds is 13. The monoisotopic (exact) mass is 675 g/mol. The SMILES string of the molecule is O=[N+]([O-])c1cc([N+](=O)[O-])c(C=Cc2c([N+](=O)[O-])cc([N+](=O)[O-])c(Cc3c([N+](=O)[O-])cc([N+](=O)[O-])cc3[N+](=O)[O-])c2[N+](=O)[O-])c([N+](=O)[O-])c1. The van der Waals surface area contributed by atoms with E-state index in [0.717, 1.165) is 0 Å². The molecule has 3 rings (SSSR count). The average molecular weight is 675 g/mol. The third-order valence-corrected chi connectivity index (χ3v) is 6.26. The van der Waals surface area contributed by atoms with E-state index in [1.807, 2.05) is 0 Å². The molecule has 27 heteroatoms. The minimum absolute atomic E-state index is 0.0870. The number of non-ortho nitro benzene ring substituents is 2. The van der Waals surface area contributed by atoms with Gasteiger partial charge in [-0.1, -0.05) is 0 Å². The van der Waals surface area contributed by atoms with Crippen molar-refractivity contribution in [2.24, 2.45) is 0 Å². The summed E-state index contributed by atoms with van der Waals surface area (Å²) < 4.78 is 0. The van der Waals surface area contributed by atoms with Gasteiger partial charge in [0.15, 0.2) is 0 Å². The number of nitro benzene ring substituents is 9. The normalized spacial score (nSPS) is 10.8. The van der Waals surface area contributed by atoms with Gasteiger partial charge >= 0.3 is 0 Å². The van der Waals surface area contributed by atoms with E-state index < -0.39 is 124 Å². The highest BCUT2D eigenvalue weighted by molar-refractivity contribution is 5.87. The summed E-state index contributed by atoms with van der Waals surface area (Å²) in [5, 5.41) is 105. The average Bonchev–Trinajstić information content (AvgIpc) is 2.98. The van der Waals surface area contributed by atoms with Crippen LogP contribution >= 0.6 is 0 Å². The first kappa shape index (κ1) is 34.5. The van der Waals surface area contributed by atoms with Gasteiger partial charge in [-0.25, -0.2) is 0 Å². The van der Waals surface area contributed by atoms with Crippen LogP contribution in [-0.2, 0) is 6.42 Å². The van der Waals surface area contributed by atoms with Crippen molar-refractivity contribution in [2.45, 2.75) is 6.42 Å². The summed E-state index contributed by atoms with van der Waals surface area (Å²) in [6, 6.07) is 1.01. The van der Waals surface area contributed by atoms with Gasteiger partial charge in [-0.05, 0) is 12.2 Å². The lowest BCUT2D eigenvalue weighted by Crippen LogP contribution is -2.09. The summed E-state index contributed by atoms with van der Waals surface area (Å²) in [5.41, 5.74) is -17.3. The fourth-order valence-corrected chi connectivity index (χ4v) is 4.33. The predicted molar refractivity (Wildman–Crippen MR) is 151 cm³/mol. The summed E-state index contributed by atoms with van der Waals surface area (Å²) in [6.45, 7) is 0. The number of nitro groups is 9. The molecule has 0 aliphatic carbocycles. The fourth-order valence-electron chi connectivity index (χ4n) is 4.33. The van der Waals surface area contributed by atoms with E-state index in [4.69, 9.17) is 0 Å². The van der Waals surface area contributed by atoms with Gasteiger partial charge in [0, 0.05) is 6.42 Å². The number of nitrogens with zero attached hydrogens (tertiary/aromatic N) is 9. The maximum Gasteiger partial charge on any atom is 0.293 e. The van der Waals surface area contributed by atoms with Gasteiger partial charge in [-0.3, -0.25) is 91.0 Å². The molecule has 27 nitrogen and oxygen atoms in total. The highest BCUT2D eigenvalue weighted by Gasteiger charge is 2.40. The Morgan fingerprint density at radius 1 is 0.375 bits per heavy atom. The van der Waals surface area contributed by atoms with Crippen LogP contribution in [0, 0.1) is 91.0 Å². The Kier molecular flexibility index (Phi) is 9.29. The van der Waals surface area contributed by atoms with Crippen molar-refractivity contribution in [3.05, 3.63) is 144 Å². The van der Waals surface area contributed by atoms with Crippen LogP contribution in [0.15, 0.2) is 30.3 Å². The van der Waals surface area contributed by atoms with Crippen molar-refractivity contribution >= 4 is 63.3 Å². The highest BCUT2D eigenvalue weighted by atomic mass is 16.7. The molecule has 0 saturated carbocycles. The highest BCUT2D eigenvalue weighted by Crippen LogP contribution is 2.45. The van der Waals surface area contributed by atoms with Crippen molar-refractivity contribution in [1.82, 2.24) is 0 Å². The van der Waals surface area contributed by atoms with Gasteiger partial charge in [-0.2, -0.15) is 0 Å². The van der Waals surface area contributed by atoms with Gasteiger partial charge in [0.1, 0.15) is 22.3 Å². The Labute approximate surface area is 258 Å². The molecule has 0 saturated heterocycles. The number of hydrogen-bond acceptors (Lipinski definition) is 18. The van der Waals surface area contributed by atoms with Gasteiger partial charge in [-0.15, -0.1) is 0 Å². The molecule has 0 amide bonds. The zero-order chi connectivity index (χ0) is 36.4. The van der Waals surface area contributed by atoms with Gasteiger partial charge in [0.05, 0.1) is 74.6 Å². The summed E-state index contributed by atoms with van der Waals surface area (Å²) in [5.74, 6) is 0. The Morgan fingerprint density at radius 3 is 1.02 bits per heavy atom. The lowest BCUT2D eigenvalue weighted by molar-refractivity contribution is -0.405. The molecule has 0 atom stereocenters. The standard InChI is InChI=1S/C21H9N9O18/c31-22(32)9-3-15(24(35)36)11(16(4-9)25(37)38)1-2-12-19(28(43)44)8-20(29(45)46)14(21(12)30(47)48)7-13-17(26(39)40)5-10(23(33)34)6-18(13)27(41)42/h1-6,8H,7H2. The van der Waals surface area contributed by atoms with Crippen LogP contribution < -0.4 is 0 Å². The van der Waals surface area contributed by atoms with Crippen LogP contribution in [0.5, 0.6) is 0 Å². The lowest BCUT2D eigenvalue weighted by Gasteiger charge is -2.09. The van der Waals surface area contributed by atoms with Crippen LogP contribution in [0.2, 0.25) is 0 Å². The lowest BCUT2D eigenvalue weighted by atomic mass is 9.94. The Balaban J connectivity index is 2.54. The molecule has 0 aliphatic rings. The first-order valence-electron chi connectivity index (χ1n) is 11.8. The maximum atomic E-state index is 12.3. The molecule has 0 bridgehead atoms. The van der Waals surface area contributed by atoms with Crippen molar-refractivity contribution in [3.8, 4) is 0 Å². The maximum absolute atomic E-state index is 12.3. The second-order valence-corrected chi connectivity index (χ2v) is 8.84. The molecule has 0 spiro atoms. The number of benzene rings is 3. The molecule has 246 valence electrons. The van der Waals surface area contributed by atoms with Gasteiger partial charge in [0.2, 0.25) is 0 Å². The second-order valence-electron chi connectivity index (χ2n) is 8.84. The minimum atomic E-state index is -1.64. The molecule has 3 aromatic rings. The van der Waals surface area contributed by atoms with E-state index in [1.54, 1.807) is 0 Å². The van der Waals surface area contributed by atoms with E-state index in [1.165, 1.54) is 0 Å². The zero-order valence-corrected chi connectivity index (χ0v) is 22.6. The quantitative estimate of drug-likeness (QED) is 0.135. The largest absolute Gasteiger partial charge is 0.293 e. The Morgan fingerprint density at radius 2 is 0.688 bits per heavy atom. The molecule has 0 fully saturated rings. The molecular weight excluding hydrogens is 666 g/mol. The summed E-state index contributed by atoms with van der Waals surface area (Å²) in [4.78, 5) is 93.0. The predicted octanol–water partition coefficient (Wildman–Crippen LogP) is 4.62. The molecule has 0 aliphatic heterocycles. The fraction of sp³-hybridized carbons (Fsp3) is 0.0476. The molecule has 0 N–H and O–H groups in total. The van der Waals surface area contributed by atoms with E-state index in [2.05, 4.69) is 0 Å². The first-order chi connectivity index (χ1) is 22.3. The van der Waals surface area contributed by atoms with Crippen molar-refractivity contribution in [2.75, 3.05) is 0 Å². The minimum Gasteiger partial charge on any atom is -0.258 e. The van der Waals surface area contributed by atoms with Gasteiger partial charge < -0.3 is 0 Å². The summed E-state index contributed by atoms with van der Waals surface area (Å²) >= 11 is 0. The molecule has 48 heavy (non-hydrogen) atoms. The van der Waals surface area contributed by atoms with E-state index >= 15 is 0 Å². The Hall–Kier alpha value is -8.00. The van der Waals surface area contributed by atoms with Crippen LogP contribution in [0.25, 0.3) is 12.2 Å². The topological polar surface area (TPSA) is 388 Å². The third-order valence-electron chi connectivity index (χ3n) is 6.26. The molecule has 0 heterocycles. The Bertz CT molecular complexity index is 2000. The molecule has 0 unspecified atom stereocenters. The van der Waals surface area contributed by atoms with Crippen LogP contribution in [-0.4, -0.2) is 44.3 Å². The molecular formula is C21H9N9O18. The first-order valence-corrected chi connectivity index (χ1v) is 11.8. The van der Waals surface area contributed by atoms with Crippen LogP contribution in [0.1, 0.15) is 22.3 Å². The molecule has 3 aromatic carbocycles. The number of hydrogen-bond donors (Lipinski definition) is 0.